The average Bonchev–Trinajstić information content (AvgIpc) is 2.55. The first-order valence-corrected chi connectivity index (χ1v) is 9.97. The van der Waals surface area contributed by atoms with Gasteiger partial charge in [-0.2, -0.15) is 0 Å². The lowest BCUT2D eigenvalue weighted by atomic mass is 9.72. The van der Waals surface area contributed by atoms with Crippen molar-refractivity contribution in [1.29, 1.82) is 0 Å². The fourth-order valence-electron chi connectivity index (χ4n) is 4.28. The number of aliphatic hydroxyl groups is 1. The largest absolute Gasteiger partial charge is 0.390 e. The number of hydrogen-bond acceptors (Lipinski definition) is 2. The van der Waals surface area contributed by atoms with E-state index in [1.54, 1.807) is 0 Å². The molecule has 1 aliphatic rings. The molecule has 1 unspecified atom stereocenters. The summed E-state index contributed by atoms with van der Waals surface area (Å²) in [6, 6.07) is 8.68. The molecule has 136 valence electrons. The summed E-state index contributed by atoms with van der Waals surface area (Å²) in [7, 11) is 4.32. The minimum absolute atomic E-state index is 0.409. The summed E-state index contributed by atoms with van der Waals surface area (Å²) in [4.78, 5) is 2.32. The Morgan fingerprint density at radius 2 is 1.75 bits per heavy atom. The number of benzene rings is 1. The zero-order valence-corrected chi connectivity index (χ0v) is 16.4. The second-order valence-electron chi connectivity index (χ2n) is 7.83. The highest BCUT2D eigenvalue weighted by Crippen LogP contribution is 2.42. The van der Waals surface area contributed by atoms with Crippen molar-refractivity contribution < 1.29 is 5.11 Å². The average molecular weight is 352 g/mol. The highest BCUT2D eigenvalue weighted by Gasteiger charge is 2.36. The summed E-state index contributed by atoms with van der Waals surface area (Å²) >= 11 is 6.04. The molecule has 1 N–H and O–H groups in total. The first-order chi connectivity index (χ1) is 11.4. The number of nitrogens with zero attached hydrogens (tertiary/aromatic N) is 1. The molecule has 1 aromatic carbocycles. The van der Waals surface area contributed by atoms with Crippen molar-refractivity contribution >= 4 is 11.6 Å². The van der Waals surface area contributed by atoms with Gasteiger partial charge in [0.15, 0.2) is 0 Å². The van der Waals surface area contributed by atoms with E-state index in [4.69, 9.17) is 11.6 Å². The standard InChI is InChI=1S/C21H34ClNO/c1-4-5-6-7-14-21(24)15-12-18(13-16-21)20(23(2)3)17-8-10-19(22)11-9-17/h8-11,18,20,24H,4-7,12-16H2,1-3H3. The summed E-state index contributed by atoms with van der Waals surface area (Å²) in [5.74, 6) is 0.608. The third-order valence-corrected chi connectivity index (χ3v) is 5.92. The summed E-state index contributed by atoms with van der Waals surface area (Å²) in [6.45, 7) is 2.23. The summed E-state index contributed by atoms with van der Waals surface area (Å²) in [5, 5.41) is 11.7. The van der Waals surface area contributed by atoms with Gasteiger partial charge in [-0.1, -0.05) is 56.3 Å². The molecule has 0 aromatic heterocycles. The Hall–Kier alpha value is -0.570. The maximum Gasteiger partial charge on any atom is 0.0648 e. The van der Waals surface area contributed by atoms with Crippen molar-refractivity contribution in [3.8, 4) is 0 Å². The van der Waals surface area contributed by atoms with Gasteiger partial charge in [-0.05, 0) is 69.8 Å². The van der Waals surface area contributed by atoms with Crippen LogP contribution in [0.4, 0.5) is 0 Å². The lowest BCUT2D eigenvalue weighted by Crippen LogP contribution is -2.38. The Kier molecular flexibility index (Phi) is 7.59. The predicted molar refractivity (Wildman–Crippen MR) is 104 cm³/mol. The van der Waals surface area contributed by atoms with Crippen molar-refractivity contribution in [3.63, 3.8) is 0 Å². The molecule has 0 radical (unpaired) electrons. The van der Waals surface area contributed by atoms with E-state index < -0.39 is 5.60 Å². The quantitative estimate of drug-likeness (QED) is 0.595. The maximum absolute atomic E-state index is 10.9. The van der Waals surface area contributed by atoms with Crippen LogP contribution < -0.4 is 0 Å². The fraction of sp³-hybridized carbons (Fsp3) is 0.714. The molecular weight excluding hydrogens is 318 g/mol. The zero-order chi connectivity index (χ0) is 17.6. The van der Waals surface area contributed by atoms with Crippen LogP contribution in [0.15, 0.2) is 24.3 Å². The molecule has 0 bridgehead atoms. The molecule has 1 saturated carbocycles. The lowest BCUT2D eigenvalue weighted by molar-refractivity contribution is -0.0288. The van der Waals surface area contributed by atoms with Crippen molar-refractivity contribution in [2.24, 2.45) is 5.92 Å². The molecule has 0 amide bonds. The minimum atomic E-state index is -0.416. The van der Waals surface area contributed by atoms with Crippen molar-refractivity contribution in [2.75, 3.05) is 14.1 Å². The molecule has 2 nitrogen and oxygen atoms in total. The Bertz CT molecular complexity index is 477. The number of rotatable bonds is 8. The van der Waals surface area contributed by atoms with Gasteiger partial charge in [-0.25, -0.2) is 0 Å². The molecule has 2 rings (SSSR count). The highest BCUT2D eigenvalue weighted by atomic mass is 35.5. The molecule has 0 saturated heterocycles. The van der Waals surface area contributed by atoms with E-state index in [0.29, 0.717) is 12.0 Å². The van der Waals surface area contributed by atoms with E-state index in [1.807, 2.05) is 12.1 Å². The molecule has 1 aromatic rings. The van der Waals surface area contributed by atoms with Gasteiger partial charge >= 0.3 is 0 Å². The molecular formula is C21H34ClNO. The van der Waals surface area contributed by atoms with E-state index in [0.717, 1.165) is 37.1 Å². The van der Waals surface area contributed by atoms with Gasteiger partial charge in [-0.15, -0.1) is 0 Å². The van der Waals surface area contributed by atoms with Crippen LogP contribution in [0.5, 0.6) is 0 Å². The van der Waals surface area contributed by atoms with Gasteiger partial charge in [0.2, 0.25) is 0 Å². The van der Waals surface area contributed by atoms with Crippen molar-refractivity contribution in [3.05, 3.63) is 34.9 Å². The first-order valence-electron chi connectivity index (χ1n) is 9.59. The van der Waals surface area contributed by atoms with Gasteiger partial charge in [0.05, 0.1) is 5.60 Å². The highest BCUT2D eigenvalue weighted by molar-refractivity contribution is 6.30. The molecule has 1 atom stereocenters. The molecule has 0 heterocycles. The first kappa shape index (κ1) is 19.8. The van der Waals surface area contributed by atoms with Crippen LogP contribution in [0.3, 0.4) is 0 Å². The van der Waals surface area contributed by atoms with Gasteiger partial charge in [0.25, 0.3) is 0 Å². The second-order valence-corrected chi connectivity index (χ2v) is 8.27. The van der Waals surface area contributed by atoms with Crippen LogP contribution in [0.2, 0.25) is 5.02 Å². The maximum atomic E-state index is 10.9. The third kappa shape index (κ3) is 5.47. The summed E-state index contributed by atoms with van der Waals surface area (Å²) < 4.78 is 0. The molecule has 1 aliphatic carbocycles. The van der Waals surface area contributed by atoms with Crippen molar-refractivity contribution in [1.82, 2.24) is 4.90 Å². The minimum Gasteiger partial charge on any atom is -0.390 e. The van der Waals surface area contributed by atoms with Crippen LogP contribution in [-0.4, -0.2) is 29.7 Å². The fourth-order valence-corrected chi connectivity index (χ4v) is 4.40. The number of hydrogen-bond donors (Lipinski definition) is 1. The van der Waals surface area contributed by atoms with Crippen LogP contribution in [0.1, 0.15) is 76.3 Å². The third-order valence-electron chi connectivity index (χ3n) is 5.67. The smallest absolute Gasteiger partial charge is 0.0648 e. The molecule has 0 aliphatic heterocycles. The molecule has 1 fully saturated rings. The Morgan fingerprint density at radius 3 is 2.29 bits per heavy atom. The SMILES string of the molecule is CCCCCCC1(O)CCC(C(c2ccc(Cl)cc2)N(C)C)CC1. The van der Waals surface area contributed by atoms with Gasteiger partial charge < -0.3 is 10.0 Å². The van der Waals surface area contributed by atoms with E-state index >= 15 is 0 Å². The van der Waals surface area contributed by atoms with E-state index in [1.165, 1.54) is 31.2 Å². The predicted octanol–water partition coefficient (Wildman–Crippen LogP) is 5.83. The van der Waals surface area contributed by atoms with Gasteiger partial charge in [0, 0.05) is 11.1 Å². The van der Waals surface area contributed by atoms with Crippen LogP contribution >= 0.6 is 11.6 Å². The van der Waals surface area contributed by atoms with Crippen molar-refractivity contribution in [2.45, 2.75) is 76.4 Å². The molecule has 3 heteroatoms. The van der Waals surface area contributed by atoms with Gasteiger partial charge in [0.1, 0.15) is 0 Å². The van der Waals surface area contributed by atoms with Crippen LogP contribution in [0.25, 0.3) is 0 Å². The topological polar surface area (TPSA) is 23.5 Å². The normalized spacial score (nSPS) is 25.8. The Morgan fingerprint density at radius 1 is 1.12 bits per heavy atom. The monoisotopic (exact) mass is 351 g/mol. The van der Waals surface area contributed by atoms with E-state index in [2.05, 4.69) is 38.1 Å². The lowest BCUT2D eigenvalue weighted by Gasteiger charge is -2.41. The van der Waals surface area contributed by atoms with Crippen LogP contribution in [0, 0.1) is 5.92 Å². The summed E-state index contributed by atoms with van der Waals surface area (Å²) in [5.41, 5.74) is 0.920. The van der Waals surface area contributed by atoms with E-state index in [9.17, 15) is 5.11 Å². The molecule has 24 heavy (non-hydrogen) atoms. The molecule has 0 spiro atoms. The Balaban J connectivity index is 1.94. The van der Waals surface area contributed by atoms with E-state index in [-0.39, 0.29) is 0 Å². The summed E-state index contributed by atoms with van der Waals surface area (Å²) in [6.07, 6.45) is 10.1. The number of halogens is 1. The number of unbranched alkanes of at least 4 members (excludes halogenated alkanes) is 3. The Labute approximate surface area is 153 Å². The zero-order valence-electron chi connectivity index (χ0n) is 15.6. The van der Waals surface area contributed by atoms with Crippen LogP contribution in [-0.2, 0) is 0 Å². The van der Waals surface area contributed by atoms with Gasteiger partial charge in [-0.3, -0.25) is 0 Å². The second kappa shape index (κ2) is 9.22.